The van der Waals surface area contributed by atoms with Crippen LogP contribution in [0.15, 0.2) is 65.3 Å². The zero-order valence-corrected chi connectivity index (χ0v) is 13.8. The maximum atomic E-state index is 14.2. The van der Waals surface area contributed by atoms with Gasteiger partial charge in [-0.3, -0.25) is 0 Å². The normalized spacial score (nSPS) is 11.0. The molecule has 25 heavy (non-hydrogen) atoms. The minimum atomic E-state index is -0.374. The monoisotopic (exact) mass is 353 g/mol. The highest BCUT2D eigenvalue weighted by Crippen LogP contribution is 2.28. The van der Waals surface area contributed by atoms with Gasteiger partial charge in [-0.1, -0.05) is 23.7 Å². The van der Waals surface area contributed by atoms with Crippen molar-refractivity contribution in [3.8, 4) is 11.4 Å². The Labute approximate surface area is 148 Å². The number of nitrogens with one attached hydrogen (secondary N) is 1. The molecule has 0 atom stereocenters. The molecule has 0 saturated carbocycles. The van der Waals surface area contributed by atoms with Crippen LogP contribution in [0.4, 0.5) is 10.2 Å². The topological polar surface area (TPSA) is 51.0 Å². The first kappa shape index (κ1) is 15.6. The van der Waals surface area contributed by atoms with E-state index in [2.05, 4.69) is 15.3 Å². The number of anilines is 1. The van der Waals surface area contributed by atoms with Crippen molar-refractivity contribution in [1.29, 1.82) is 0 Å². The number of nitrogens with zero attached hydrogens (tertiary/aromatic N) is 2. The fourth-order valence-electron chi connectivity index (χ4n) is 2.58. The van der Waals surface area contributed by atoms with Gasteiger partial charge in [0, 0.05) is 10.4 Å². The lowest BCUT2D eigenvalue weighted by molar-refractivity contribution is 0.518. The summed E-state index contributed by atoms with van der Waals surface area (Å²) in [6, 6.07) is 15.5. The van der Waals surface area contributed by atoms with Crippen LogP contribution in [-0.2, 0) is 6.54 Å². The summed E-state index contributed by atoms with van der Waals surface area (Å²) in [4.78, 5) is 8.99. The molecule has 1 N–H and O–H groups in total. The van der Waals surface area contributed by atoms with E-state index in [0.29, 0.717) is 34.3 Å². The van der Waals surface area contributed by atoms with Gasteiger partial charge in [0.15, 0.2) is 5.82 Å². The average molecular weight is 354 g/mol. The molecule has 4 rings (SSSR count). The molecular weight excluding hydrogens is 341 g/mol. The van der Waals surface area contributed by atoms with Crippen LogP contribution in [0, 0.1) is 5.82 Å². The summed E-state index contributed by atoms with van der Waals surface area (Å²) in [5.74, 6) is 1.29. The van der Waals surface area contributed by atoms with Gasteiger partial charge in [-0.25, -0.2) is 14.4 Å². The molecule has 2 aromatic heterocycles. The Hall–Kier alpha value is -2.92. The molecule has 0 aliphatic carbocycles. The molecule has 0 fully saturated rings. The lowest BCUT2D eigenvalue weighted by atomic mass is 10.1. The molecule has 2 heterocycles. The van der Waals surface area contributed by atoms with Crippen molar-refractivity contribution < 1.29 is 8.81 Å². The fraction of sp³-hybridized carbons (Fsp3) is 0.0526. The van der Waals surface area contributed by atoms with E-state index >= 15 is 0 Å². The van der Waals surface area contributed by atoms with Gasteiger partial charge in [-0.15, -0.1) is 0 Å². The number of halogens is 2. The van der Waals surface area contributed by atoms with Crippen molar-refractivity contribution in [3.05, 3.63) is 77.5 Å². The first-order valence-electron chi connectivity index (χ1n) is 7.69. The van der Waals surface area contributed by atoms with Gasteiger partial charge in [0.25, 0.3) is 0 Å². The fourth-order valence-corrected chi connectivity index (χ4v) is 2.75. The van der Waals surface area contributed by atoms with Crippen LogP contribution >= 0.6 is 11.6 Å². The van der Waals surface area contributed by atoms with Crippen LogP contribution in [0.25, 0.3) is 22.3 Å². The Morgan fingerprint density at radius 3 is 2.72 bits per heavy atom. The van der Waals surface area contributed by atoms with Gasteiger partial charge >= 0.3 is 0 Å². The van der Waals surface area contributed by atoms with Crippen molar-refractivity contribution >= 4 is 28.3 Å². The molecule has 0 saturated heterocycles. The lowest BCUT2D eigenvalue weighted by Crippen LogP contribution is -2.04. The number of rotatable bonds is 4. The van der Waals surface area contributed by atoms with E-state index in [1.54, 1.807) is 36.6 Å². The highest BCUT2D eigenvalue weighted by Gasteiger charge is 2.13. The van der Waals surface area contributed by atoms with Crippen LogP contribution in [0.2, 0.25) is 5.02 Å². The second-order valence-corrected chi connectivity index (χ2v) is 5.91. The van der Waals surface area contributed by atoms with Crippen molar-refractivity contribution in [2.45, 2.75) is 6.54 Å². The number of hydrogen-bond donors (Lipinski definition) is 1. The minimum absolute atomic E-state index is 0.301. The van der Waals surface area contributed by atoms with E-state index in [9.17, 15) is 4.39 Å². The molecule has 0 unspecified atom stereocenters. The van der Waals surface area contributed by atoms with E-state index in [1.165, 1.54) is 6.07 Å². The predicted octanol–water partition coefficient (Wildman–Crippen LogP) is 5.29. The van der Waals surface area contributed by atoms with E-state index in [4.69, 9.17) is 16.0 Å². The first-order chi connectivity index (χ1) is 12.2. The highest BCUT2D eigenvalue weighted by atomic mass is 35.5. The largest absolute Gasteiger partial charge is 0.467 e. The molecule has 0 spiro atoms. The molecule has 4 nitrogen and oxygen atoms in total. The summed E-state index contributed by atoms with van der Waals surface area (Å²) in [6.45, 7) is 0.457. The summed E-state index contributed by atoms with van der Waals surface area (Å²) in [5, 5.41) is 4.59. The molecule has 124 valence electrons. The zero-order valence-electron chi connectivity index (χ0n) is 13.0. The Bertz CT molecular complexity index is 1030. The molecule has 0 bridgehead atoms. The molecule has 4 aromatic rings. The molecule has 0 amide bonds. The van der Waals surface area contributed by atoms with Crippen LogP contribution in [-0.4, -0.2) is 9.97 Å². The van der Waals surface area contributed by atoms with Crippen LogP contribution < -0.4 is 5.32 Å². The number of hydrogen-bond acceptors (Lipinski definition) is 4. The van der Waals surface area contributed by atoms with Gasteiger partial charge in [-0.05, 0) is 42.5 Å². The third kappa shape index (κ3) is 3.19. The lowest BCUT2D eigenvalue weighted by Gasteiger charge is -2.11. The number of furan rings is 1. The van der Waals surface area contributed by atoms with E-state index in [0.717, 1.165) is 11.1 Å². The standard InChI is InChI=1S/C19H13ClFN3O/c20-12-7-8-15-17(10-12)23-19(14-5-1-2-6-16(14)21)24-18(15)22-11-13-4-3-9-25-13/h1-10H,11H2,(H,22,23,24). The summed E-state index contributed by atoms with van der Waals surface area (Å²) in [5.41, 5.74) is 0.980. The van der Waals surface area contributed by atoms with Crippen LogP contribution in [0.5, 0.6) is 0 Å². The van der Waals surface area contributed by atoms with Crippen LogP contribution in [0.3, 0.4) is 0 Å². The van der Waals surface area contributed by atoms with E-state index in [-0.39, 0.29) is 5.82 Å². The zero-order chi connectivity index (χ0) is 17.2. The van der Waals surface area contributed by atoms with Gasteiger partial charge in [0.2, 0.25) is 0 Å². The summed E-state index contributed by atoms with van der Waals surface area (Å²) in [6.07, 6.45) is 1.61. The Morgan fingerprint density at radius 2 is 1.92 bits per heavy atom. The Morgan fingerprint density at radius 1 is 1.04 bits per heavy atom. The molecular formula is C19H13ClFN3O. The second kappa shape index (κ2) is 6.53. The third-order valence-electron chi connectivity index (χ3n) is 3.78. The van der Waals surface area contributed by atoms with Crippen molar-refractivity contribution in [3.63, 3.8) is 0 Å². The van der Waals surface area contributed by atoms with Gasteiger partial charge in [0.1, 0.15) is 17.4 Å². The van der Waals surface area contributed by atoms with Crippen molar-refractivity contribution in [1.82, 2.24) is 9.97 Å². The summed E-state index contributed by atoms with van der Waals surface area (Å²) < 4.78 is 19.5. The van der Waals surface area contributed by atoms with Crippen LogP contribution in [0.1, 0.15) is 5.76 Å². The SMILES string of the molecule is Fc1ccccc1-c1nc(NCc2ccco2)c2ccc(Cl)cc2n1. The molecule has 0 aliphatic rings. The number of benzene rings is 2. The molecule has 0 radical (unpaired) electrons. The second-order valence-electron chi connectivity index (χ2n) is 5.47. The predicted molar refractivity (Wildman–Crippen MR) is 96.0 cm³/mol. The van der Waals surface area contributed by atoms with Gasteiger partial charge in [-0.2, -0.15) is 0 Å². The number of fused-ring (bicyclic) bond motifs is 1. The highest BCUT2D eigenvalue weighted by molar-refractivity contribution is 6.31. The van der Waals surface area contributed by atoms with Gasteiger partial charge in [0.05, 0.1) is 23.9 Å². The smallest absolute Gasteiger partial charge is 0.165 e. The maximum Gasteiger partial charge on any atom is 0.165 e. The Kier molecular flexibility index (Phi) is 4.07. The Balaban J connectivity index is 1.83. The van der Waals surface area contributed by atoms with Crippen molar-refractivity contribution in [2.75, 3.05) is 5.32 Å². The van der Waals surface area contributed by atoms with E-state index in [1.807, 2.05) is 18.2 Å². The van der Waals surface area contributed by atoms with E-state index < -0.39 is 0 Å². The molecule has 2 aromatic carbocycles. The summed E-state index contributed by atoms with van der Waals surface area (Å²) >= 11 is 6.09. The molecule has 0 aliphatic heterocycles. The quantitative estimate of drug-likeness (QED) is 0.541. The molecule has 6 heteroatoms. The van der Waals surface area contributed by atoms with Crippen molar-refractivity contribution in [2.24, 2.45) is 0 Å². The summed E-state index contributed by atoms with van der Waals surface area (Å²) in [7, 11) is 0. The maximum absolute atomic E-state index is 14.2. The minimum Gasteiger partial charge on any atom is -0.467 e. The third-order valence-corrected chi connectivity index (χ3v) is 4.02. The average Bonchev–Trinajstić information content (AvgIpc) is 3.13. The number of aromatic nitrogens is 2. The van der Waals surface area contributed by atoms with Gasteiger partial charge < -0.3 is 9.73 Å². The first-order valence-corrected chi connectivity index (χ1v) is 8.07.